The van der Waals surface area contributed by atoms with Crippen molar-refractivity contribution in [3.63, 3.8) is 0 Å². The quantitative estimate of drug-likeness (QED) is 0.850. The molecule has 3 rings (SSSR count). The second-order valence-electron chi connectivity index (χ2n) is 6.46. The van der Waals surface area contributed by atoms with Gasteiger partial charge < -0.3 is 9.64 Å². The summed E-state index contributed by atoms with van der Waals surface area (Å²) < 4.78 is 5.83. The van der Waals surface area contributed by atoms with Gasteiger partial charge in [-0.1, -0.05) is 0 Å². The Labute approximate surface area is 127 Å². The van der Waals surface area contributed by atoms with Gasteiger partial charge >= 0.3 is 0 Å². The van der Waals surface area contributed by atoms with Crippen LogP contribution in [0.1, 0.15) is 32.4 Å². The summed E-state index contributed by atoms with van der Waals surface area (Å²) in [4.78, 5) is 14.0. The molecule has 0 N–H and O–H groups in total. The van der Waals surface area contributed by atoms with Crippen molar-refractivity contribution in [2.45, 2.75) is 51.9 Å². The van der Waals surface area contributed by atoms with Crippen LogP contribution in [0, 0.1) is 6.92 Å². The summed E-state index contributed by atoms with van der Waals surface area (Å²) in [5.74, 6) is 0.895. The van der Waals surface area contributed by atoms with Crippen molar-refractivity contribution in [1.82, 2.24) is 14.9 Å². The lowest BCUT2D eigenvalue weighted by molar-refractivity contribution is -0.0690. The Morgan fingerprint density at radius 1 is 1.29 bits per heavy atom. The monoisotopic (exact) mass is 290 g/mol. The van der Waals surface area contributed by atoms with Gasteiger partial charge in [-0.15, -0.1) is 0 Å². The highest BCUT2D eigenvalue weighted by Gasteiger charge is 2.31. The van der Waals surface area contributed by atoms with E-state index in [1.54, 1.807) is 0 Å². The van der Waals surface area contributed by atoms with E-state index < -0.39 is 0 Å². The molecule has 0 aromatic carbocycles. The number of ether oxygens (including phenoxy) is 1. The van der Waals surface area contributed by atoms with E-state index in [4.69, 9.17) is 4.74 Å². The standard InChI is InChI=1S/C16H26N4O/c1-12-6-7-17-16(18-12)20-8-4-5-15(20)11-19-9-13(2)21-14(3)10-19/h6-7,13-15H,4-5,8-11H2,1-3H3/t13-,14+,15-/m1/s1. The maximum Gasteiger partial charge on any atom is 0.225 e. The number of hydrogen-bond acceptors (Lipinski definition) is 5. The summed E-state index contributed by atoms with van der Waals surface area (Å²) in [5.41, 5.74) is 1.04. The number of morpholine rings is 1. The van der Waals surface area contributed by atoms with Crippen molar-refractivity contribution >= 4 is 5.95 Å². The number of aryl methyl sites for hydroxylation is 1. The molecule has 5 heteroatoms. The van der Waals surface area contributed by atoms with Crippen LogP contribution in [0.25, 0.3) is 0 Å². The Kier molecular flexibility index (Phi) is 4.40. The van der Waals surface area contributed by atoms with Crippen LogP contribution in [-0.2, 0) is 4.74 Å². The highest BCUT2D eigenvalue weighted by atomic mass is 16.5. The molecule has 2 fully saturated rings. The van der Waals surface area contributed by atoms with E-state index in [0.717, 1.165) is 37.8 Å². The van der Waals surface area contributed by atoms with E-state index in [0.29, 0.717) is 18.2 Å². The van der Waals surface area contributed by atoms with Crippen LogP contribution in [0.3, 0.4) is 0 Å². The van der Waals surface area contributed by atoms with Gasteiger partial charge in [0.15, 0.2) is 0 Å². The predicted molar refractivity (Wildman–Crippen MR) is 83.6 cm³/mol. The maximum absolute atomic E-state index is 5.83. The lowest BCUT2D eigenvalue weighted by Crippen LogP contribution is -2.50. The molecule has 3 heterocycles. The van der Waals surface area contributed by atoms with E-state index in [9.17, 15) is 0 Å². The molecule has 0 unspecified atom stereocenters. The van der Waals surface area contributed by atoms with Gasteiger partial charge in [0.05, 0.1) is 12.2 Å². The summed E-state index contributed by atoms with van der Waals surface area (Å²) in [6.07, 6.45) is 5.00. The lowest BCUT2D eigenvalue weighted by atomic mass is 10.1. The molecule has 0 bridgehead atoms. The summed E-state index contributed by atoms with van der Waals surface area (Å²) in [6, 6.07) is 2.49. The van der Waals surface area contributed by atoms with E-state index in [1.165, 1.54) is 12.8 Å². The number of rotatable bonds is 3. The Bertz CT molecular complexity index is 471. The smallest absolute Gasteiger partial charge is 0.225 e. The van der Waals surface area contributed by atoms with Crippen molar-refractivity contribution in [3.05, 3.63) is 18.0 Å². The first-order valence-electron chi connectivity index (χ1n) is 8.06. The summed E-state index contributed by atoms with van der Waals surface area (Å²) >= 11 is 0. The van der Waals surface area contributed by atoms with Gasteiger partial charge in [0, 0.05) is 44.1 Å². The Balaban J connectivity index is 1.67. The van der Waals surface area contributed by atoms with Gasteiger partial charge in [-0.3, -0.25) is 4.90 Å². The summed E-state index contributed by atoms with van der Waals surface area (Å²) in [5, 5.41) is 0. The molecule has 2 saturated heterocycles. The SMILES string of the molecule is Cc1ccnc(N2CCC[C@@H]2CN2C[C@@H](C)O[C@@H](C)C2)n1. The van der Waals surface area contributed by atoms with Gasteiger partial charge in [-0.05, 0) is 39.7 Å². The zero-order valence-electron chi connectivity index (χ0n) is 13.3. The average Bonchev–Trinajstić information content (AvgIpc) is 2.85. The number of anilines is 1. The first kappa shape index (κ1) is 14.7. The van der Waals surface area contributed by atoms with E-state index in [1.807, 2.05) is 19.2 Å². The first-order chi connectivity index (χ1) is 10.1. The molecular weight excluding hydrogens is 264 g/mol. The van der Waals surface area contributed by atoms with Crippen molar-refractivity contribution < 1.29 is 4.74 Å². The molecule has 0 amide bonds. The fourth-order valence-corrected chi connectivity index (χ4v) is 3.59. The van der Waals surface area contributed by atoms with Crippen molar-refractivity contribution in [2.24, 2.45) is 0 Å². The highest BCUT2D eigenvalue weighted by Crippen LogP contribution is 2.24. The van der Waals surface area contributed by atoms with Gasteiger partial charge in [0.25, 0.3) is 0 Å². The third-order valence-electron chi connectivity index (χ3n) is 4.38. The van der Waals surface area contributed by atoms with Crippen LogP contribution >= 0.6 is 0 Å². The van der Waals surface area contributed by atoms with Crippen molar-refractivity contribution in [2.75, 3.05) is 31.1 Å². The van der Waals surface area contributed by atoms with Crippen LogP contribution in [0.15, 0.2) is 12.3 Å². The predicted octanol–water partition coefficient (Wildman–Crippen LogP) is 1.86. The van der Waals surface area contributed by atoms with E-state index in [2.05, 4.69) is 33.6 Å². The van der Waals surface area contributed by atoms with Gasteiger partial charge in [-0.2, -0.15) is 0 Å². The molecule has 5 nitrogen and oxygen atoms in total. The molecule has 1 aromatic heterocycles. The molecule has 0 spiro atoms. The van der Waals surface area contributed by atoms with Crippen molar-refractivity contribution in [3.8, 4) is 0 Å². The molecule has 2 aliphatic heterocycles. The summed E-state index contributed by atoms with van der Waals surface area (Å²) in [6.45, 7) is 10.6. The van der Waals surface area contributed by atoms with Gasteiger partial charge in [-0.25, -0.2) is 9.97 Å². The third-order valence-corrected chi connectivity index (χ3v) is 4.38. The molecule has 3 atom stereocenters. The minimum absolute atomic E-state index is 0.332. The minimum atomic E-state index is 0.332. The van der Waals surface area contributed by atoms with Crippen LogP contribution in [0.4, 0.5) is 5.95 Å². The highest BCUT2D eigenvalue weighted by molar-refractivity contribution is 5.34. The van der Waals surface area contributed by atoms with Crippen molar-refractivity contribution in [1.29, 1.82) is 0 Å². The molecule has 1 aromatic rings. The normalized spacial score (nSPS) is 30.8. The molecular formula is C16H26N4O. The zero-order chi connectivity index (χ0) is 14.8. The molecule has 2 aliphatic rings. The van der Waals surface area contributed by atoms with E-state index in [-0.39, 0.29) is 0 Å². The number of aromatic nitrogens is 2. The van der Waals surface area contributed by atoms with Gasteiger partial charge in [0.1, 0.15) is 0 Å². The molecule has 0 saturated carbocycles. The Hall–Kier alpha value is -1.20. The number of hydrogen-bond donors (Lipinski definition) is 0. The lowest BCUT2D eigenvalue weighted by Gasteiger charge is -2.38. The molecule has 0 radical (unpaired) electrons. The van der Waals surface area contributed by atoms with Crippen LogP contribution in [-0.4, -0.2) is 59.3 Å². The van der Waals surface area contributed by atoms with Crippen LogP contribution in [0.5, 0.6) is 0 Å². The maximum atomic E-state index is 5.83. The topological polar surface area (TPSA) is 41.5 Å². The van der Waals surface area contributed by atoms with E-state index >= 15 is 0 Å². The third kappa shape index (κ3) is 3.52. The Morgan fingerprint density at radius 2 is 2.05 bits per heavy atom. The van der Waals surface area contributed by atoms with Crippen LogP contribution < -0.4 is 4.90 Å². The first-order valence-corrected chi connectivity index (χ1v) is 8.06. The molecule has 116 valence electrons. The average molecular weight is 290 g/mol. The van der Waals surface area contributed by atoms with Gasteiger partial charge in [0.2, 0.25) is 5.95 Å². The fourth-order valence-electron chi connectivity index (χ4n) is 3.59. The second-order valence-corrected chi connectivity index (χ2v) is 6.46. The summed E-state index contributed by atoms with van der Waals surface area (Å²) in [7, 11) is 0. The number of nitrogens with zero attached hydrogens (tertiary/aromatic N) is 4. The zero-order valence-corrected chi connectivity index (χ0v) is 13.3. The Morgan fingerprint density at radius 3 is 2.76 bits per heavy atom. The fraction of sp³-hybridized carbons (Fsp3) is 0.750. The minimum Gasteiger partial charge on any atom is -0.373 e. The molecule has 21 heavy (non-hydrogen) atoms. The van der Waals surface area contributed by atoms with Crippen LogP contribution in [0.2, 0.25) is 0 Å². The largest absolute Gasteiger partial charge is 0.373 e. The molecule has 0 aliphatic carbocycles. The second kappa shape index (κ2) is 6.28.